The average Bonchev–Trinajstić information content (AvgIpc) is 2.39. The first-order valence-corrected chi connectivity index (χ1v) is 7.09. The van der Waals surface area contributed by atoms with Gasteiger partial charge >= 0.3 is 0 Å². The lowest BCUT2D eigenvalue weighted by Crippen LogP contribution is -2.40. The van der Waals surface area contributed by atoms with Crippen molar-refractivity contribution >= 4 is 21.8 Å². The lowest BCUT2D eigenvalue weighted by atomic mass is 10.2. The van der Waals surface area contributed by atoms with Gasteiger partial charge in [-0.05, 0) is 47.5 Å². The number of rotatable bonds is 6. The summed E-state index contributed by atoms with van der Waals surface area (Å²) in [6, 6.07) is 5.92. The van der Waals surface area contributed by atoms with E-state index in [2.05, 4.69) is 15.9 Å². The fourth-order valence-electron chi connectivity index (χ4n) is 1.55. The molecule has 0 fully saturated rings. The predicted molar refractivity (Wildman–Crippen MR) is 80.3 cm³/mol. The highest BCUT2D eigenvalue weighted by atomic mass is 79.9. The molecule has 1 atom stereocenters. The second kappa shape index (κ2) is 7.50. The van der Waals surface area contributed by atoms with Gasteiger partial charge in [0.05, 0.1) is 17.5 Å². The summed E-state index contributed by atoms with van der Waals surface area (Å²) in [5.41, 5.74) is 6.69. The van der Waals surface area contributed by atoms with Gasteiger partial charge in [-0.3, -0.25) is 4.79 Å². The van der Waals surface area contributed by atoms with Crippen LogP contribution < -0.4 is 10.5 Å². The van der Waals surface area contributed by atoms with Crippen molar-refractivity contribution in [3.63, 3.8) is 0 Å². The van der Waals surface area contributed by atoms with E-state index in [0.29, 0.717) is 19.6 Å². The van der Waals surface area contributed by atoms with Gasteiger partial charge in [-0.1, -0.05) is 6.07 Å². The maximum Gasteiger partial charge on any atom is 0.226 e. The fraction of sp³-hybridized carbons (Fsp3) is 0.500. The molecule has 2 N–H and O–H groups in total. The Kier molecular flexibility index (Phi) is 6.31. The maximum atomic E-state index is 11.9. The van der Waals surface area contributed by atoms with Crippen LogP contribution in [0.2, 0.25) is 0 Å². The van der Waals surface area contributed by atoms with Crippen LogP contribution in [0.5, 0.6) is 5.75 Å². The molecule has 106 valence electrons. The van der Waals surface area contributed by atoms with Crippen LogP contribution in [-0.2, 0) is 4.79 Å². The van der Waals surface area contributed by atoms with Crippen LogP contribution in [0.4, 0.5) is 0 Å². The van der Waals surface area contributed by atoms with Gasteiger partial charge in [0, 0.05) is 19.6 Å². The van der Waals surface area contributed by atoms with E-state index in [1.54, 1.807) is 11.9 Å². The Morgan fingerprint density at radius 2 is 2.21 bits per heavy atom. The fourth-order valence-corrected chi connectivity index (χ4v) is 2.16. The molecule has 0 spiro atoms. The molecule has 1 unspecified atom stereocenters. The SMILES string of the molecule is Cc1ccc(OCCC(=O)N(C)C(C)CN)c(Br)c1. The molecule has 0 aliphatic carbocycles. The Morgan fingerprint density at radius 3 is 2.79 bits per heavy atom. The smallest absolute Gasteiger partial charge is 0.226 e. The van der Waals surface area contributed by atoms with Gasteiger partial charge < -0.3 is 15.4 Å². The Hall–Kier alpha value is -1.07. The molecule has 0 saturated heterocycles. The van der Waals surface area contributed by atoms with Crippen molar-refractivity contribution < 1.29 is 9.53 Å². The van der Waals surface area contributed by atoms with E-state index in [0.717, 1.165) is 15.8 Å². The minimum absolute atomic E-state index is 0.0428. The number of aryl methyl sites for hydroxylation is 1. The summed E-state index contributed by atoms with van der Waals surface area (Å²) in [5, 5.41) is 0. The number of halogens is 1. The third-order valence-corrected chi connectivity index (χ3v) is 3.68. The first kappa shape index (κ1) is 16.0. The number of likely N-dealkylation sites (N-methyl/N-ethyl adjacent to an activating group) is 1. The first-order chi connectivity index (χ1) is 8.95. The number of carbonyl (C=O) groups is 1. The molecule has 1 aromatic carbocycles. The zero-order valence-electron chi connectivity index (χ0n) is 11.6. The van der Waals surface area contributed by atoms with Crippen LogP contribution in [0.25, 0.3) is 0 Å². The van der Waals surface area contributed by atoms with Crippen LogP contribution >= 0.6 is 15.9 Å². The molecule has 1 amide bonds. The predicted octanol–water partition coefficient (Wildman–Crippen LogP) is 2.33. The molecule has 1 aromatic rings. The summed E-state index contributed by atoms with van der Waals surface area (Å²) in [7, 11) is 1.77. The van der Waals surface area contributed by atoms with Crippen LogP contribution in [-0.4, -0.2) is 37.0 Å². The summed E-state index contributed by atoms with van der Waals surface area (Å²) in [4.78, 5) is 13.5. The minimum Gasteiger partial charge on any atom is -0.492 e. The molecular formula is C14H21BrN2O2. The van der Waals surface area contributed by atoms with Gasteiger partial charge in [0.1, 0.15) is 5.75 Å². The Bertz CT molecular complexity index is 437. The highest BCUT2D eigenvalue weighted by molar-refractivity contribution is 9.10. The van der Waals surface area contributed by atoms with Crippen molar-refractivity contribution in [1.82, 2.24) is 4.90 Å². The van der Waals surface area contributed by atoms with Crippen LogP contribution in [0.1, 0.15) is 18.9 Å². The molecule has 19 heavy (non-hydrogen) atoms. The average molecular weight is 329 g/mol. The number of amides is 1. The number of hydrogen-bond donors (Lipinski definition) is 1. The molecule has 0 aromatic heterocycles. The topological polar surface area (TPSA) is 55.6 Å². The molecular weight excluding hydrogens is 308 g/mol. The van der Waals surface area contributed by atoms with Gasteiger partial charge in [-0.2, -0.15) is 0 Å². The second-order valence-electron chi connectivity index (χ2n) is 4.62. The molecule has 0 saturated carbocycles. The highest BCUT2D eigenvalue weighted by Crippen LogP contribution is 2.25. The normalized spacial score (nSPS) is 12.1. The van der Waals surface area contributed by atoms with Crippen molar-refractivity contribution in [3.8, 4) is 5.75 Å². The summed E-state index contributed by atoms with van der Waals surface area (Å²) in [5.74, 6) is 0.800. The van der Waals surface area contributed by atoms with E-state index in [1.807, 2.05) is 32.0 Å². The van der Waals surface area contributed by atoms with Crippen molar-refractivity contribution in [1.29, 1.82) is 0 Å². The van der Waals surface area contributed by atoms with Crippen LogP contribution in [0, 0.1) is 6.92 Å². The number of nitrogens with zero attached hydrogens (tertiary/aromatic N) is 1. The molecule has 0 aliphatic heterocycles. The van der Waals surface area contributed by atoms with E-state index < -0.39 is 0 Å². The second-order valence-corrected chi connectivity index (χ2v) is 5.48. The van der Waals surface area contributed by atoms with Crippen molar-refractivity contribution in [2.24, 2.45) is 5.73 Å². The number of ether oxygens (including phenoxy) is 1. The van der Waals surface area contributed by atoms with Gasteiger partial charge in [0.2, 0.25) is 5.91 Å². The Balaban J connectivity index is 2.44. The third kappa shape index (κ3) is 4.84. The molecule has 0 aliphatic rings. The standard InChI is InChI=1S/C14H21BrN2O2/c1-10-4-5-13(12(15)8-10)19-7-6-14(18)17(3)11(2)9-16/h4-5,8,11H,6-7,9,16H2,1-3H3. The number of nitrogens with two attached hydrogens (primary N) is 1. The summed E-state index contributed by atoms with van der Waals surface area (Å²) < 4.78 is 6.51. The lowest BCUT2D eigenvalue weighted by Gasteiger charge is -2.23. The molecule has 5 heteroatoms. The van der Waals surface area contributed by atoms with E-state index in [-0.39, 0.29) is 11.9 Å². The first-order valence-electron chi connectivity index (χ1n) is 6.30. The monoisotopic (exact) mass is 328 g/mol. The Labute approximate surface area is 123 Å². The van der Waals surface area contributed by atoms with E-state index in [4.69, 9.17) is 10.5 Å². The summed E-state index contributed by atoms with van der Waals surface area (Å²) >= 11 is 3.44. The van der Waals surface area contributed by atoms with Crippen LogP contribution in [0.3, 0.4) is 0 Å². The lowest BCUT2D eigenvalue weighted by molar-refractivity contribution is -0.132. The number of benzene rings is 1. The minimum atomic E-state index is 0.0428. The Morgan fingerprint density at radius 1 is 1.53 bits per heavy atom. The highest BCUT2D eigenvalue weighted by Gasteiger charge is 2.14. The maximum absolute atomic E-state index is 11.9. The van der Waals surface area contributed by atoms with Gasteiger partial charge in [0.15, 0.2) is 0 Å². The molecule has 1 rings (SSSR count). The molecule has 4 nitrogen and oxygen atoms in total. The molecule has 0 bridgehead atoms. The summed E-state index contributed by atoms with van der Waals surface area (Å²) in [6.45, 7) is 4.77. The van der Waals surface area contributed by atoms with Crippen molar-refractivity contribution in [2.75, 3.05) is 20.2 Å². The van der Waals surface area contributed by atoms with Crippen molar-refractivity contribution in [3.05, 3.63) is 28.2 Å². The van der Waals surface area contributed by atoms with E-state index in [1.165, 1.54) is 0 Å². The van der Waals surface area contributed by atoms with E-state index in [9.17, 15) is 4.79 Å². The van der Waals surface area contributed by atoms with Crippen LogP contribution in [0.15, 0.2) is 22.7 Å². The van der Waals surface area contributed by atoms with Gasteiger partial charge in [0.25, 0.3) is 0 Å². The largest absolute Gasteiger partial charge is 0.492 e. The van der Waals surface area contributed by atoms with E-state index >= 15 is 0 Å². The zero-order chi connectivity index (χ0) is 14.4. The summed E-state index contributed by atoms with van der Waals surface area (Å²) in [6.07, 6.45) is 0.348. The van der Waals surface area contributed by atoms with Gasteiger partial charge in [-0.15, -0.1) is 0 Å². The van der Waals surface area contributed by atoms with Gasteiger partial charge in [-0.25, -0.2) is 0 Å². The molecule has 0 heterocycles. The van der Waals surface area contributed by atoms with Crippen molar-refractivity contribution in [2.45, 2.75) is 26.3 Å². The number of hydrogen-bond acceptors (Lipinski definition) is 3. The quantitative estimate of drug-likeness (QED) is 0.871. The molecule has 0 radical (unpaired) electrons. The zero-order valence-corrected chi connectivity index (χ0v) is 13.2. The third-order valence-electron chi connectivity index (χ3n) is 3.06. The number of carbonyl (C=O) groups excluding carboxylic acids is 1.